The summed E-state index contributed by atoms with van der Waals surface area (Å²) < 4.78 is 4.85. The van der Waals surface area contributed by atoms with Crippen LogP contribution in [-0.2, 0) is 16.0 Å². The fourth-order valence-corrected chi connectivity index (χ4v) is 2.05. The third-order valence-electron chi connectivity index (χ3n) is 3.06. The van der Waals surface area contributed by atoms with Crippen LogP contribution in [0.1, 0.15) is 29.8 Å². The Morgan fingerprint density at radius 1 is 1.47 bits per heavy atom. The van der Waals surface area contributed by atoms with Crippen molar-refractivity contribution in [1.29, 1.82) is 0 Å². The highest BCUT2D eigenvalue weighted by Gasteiger charge is 2.19. The van der Waals surface area contributed by atoms with Crippen LogP contribution < -0.4 is 10.6 Å². The summed E-state index contributed by atoms with van der Waals surface area (Å²) in [6, 6.07) is 4.87. The highest BCUT2D eigenvalue weighted by molar-refractivity contribution is 5.97. The van der Waals surface area contributed by atoms with Crippen molar-refractivity contribution in [2.45, 2.75) is 26.3 Å². The van der Waals surface area contributed by atoms with Gasteiger partial charge in [-0.1, -0.05) is 0 Å². The predicted octanol–water partition coefficient (Wildman–Crippen LogP) is 1.34. The Morgan fingerprint density at radius 3 is 3.00 bits per heavy atom. The van der Waals surface area contributed by atoms with Crippen LogP contribution in [0.4, 0.5) is 5.69 Å². The van der Waals surface area contributed by atoms with Gasteiger partial charge in [0.05, 0.1) is 6.61 Å². The van der Waals surface area contributed by atoms with Crippen molar-refractivity contribution in [1.82, 2.24) is 5.32 Å². The molecule has 2 rings (SSSR count). The quantitative estimate of drug-likeness (QED) is 0.803. The van der Waals surface area contributed by atoms with Gasteiger partial charge in [0.15, 0.2) is 0 Å². The smallest absolute Gasteiger partial charge is 0.328 e. The zero-order valence-electron chi connectivity index (χ0n) is 11.2. The van der Waals surface area contributed by atoms with Crippen molar-refractivity contribution >= 4 is 17.6 Å². The van der Waals surface area contributed by atoms with E-state index in [2.05, 4.69) is 10.6 Å². The van der Waals surface area contributed by atoms with Gasteiger partial charge in [-0.15, -0.1) is 0 Å². The molecule has 2 N–H and O–H groups in total. The summed E-state index contributed by atoms with van der Waals surface area (Å²) in [5.41, 5.74) is 2.78. The summed E-state index contributed by atoms with van der Waals surface area (Å²) in [4.78, 5) is 23.5. The van der Waals surface area contributed by atoms with Crippen molar-refractivity contribution < 1.29 is 14.3 Å². The van der Waals surface area contributed by atoms with Gasteiger partial charge in [-0.2, -0.15) is 0 Å². The van der Waals surface area contributed by atoms with Gasteiger partial charge in [0.1, 0.15) is 6.04 Å². The average molecular weight is 262 g/mol. The molecule has 1 heterocycles. The number of ether oxygens (including phenoxy) is 1. The minimum absolute atomic E-state index is 0.254. The second-order valence-electron chi connectivity index (χ2n) is 4.50. The van der Waals surface area contributed by atoms with E-state index in [1.165, 1.54) is 0 Å². The van der Waals surface area contributed by atoms with Crippen LogP contribution >= 0.6 is 0 Å². The molecule has 0 radical (unpaired) electrons. The highest BCUT2D eigenvalue weighted by atomic mass is 16.5. The summed E-state index contributed by atoms with van der Waals surface area (Å²) in [6.45, 7) is 4.56. The van der Waals surface area contributed by atoms with E-state index in [0.29, 0.717) is 12.2 Å². The Labute approximate surface area is 112 Å². The van der Waals surface area contributed by atoms with Gasteiger partial charge in [0.2, 0.25) is 0 Å². The Balaban J connectivity index is 2.02. The van der Waals surface area contributed by atoms with Crippen LogP contribution in [0, 0.1) is 0 Å². The normalized spacial score (nSPS) is 14.2. The zero-order valence-corrected chi connectivity index (χ0v) is 11.2. The highest BCUT2D eigenvalue weighted by Crippen LogP contribution is 2.22. The van der Waals surface area contributed by atoms with Crippen LogP contribution in [0.3, 0.4) is 0 Å². The number of esters is 1. The van der Waals surface area contributed by atoms with Crippen molar-refractivity contribution in [3.63, 3.8) is 0 Å². The molecule has 5 heteroatoms. The SMILES string of the molecule is CCOC(=O)C(C)NC(=O)c1ccc2c(c1)CCN2. The fourth-order valence-electron chi connectivity index (χ4n) is 2.05. The van der Waals surface area contributed by atoms with Gasteiger partial charge in [-0.05, 0) is 44.0 Å². The van der Waals surface area contributed by atoms with Crippen LogP contribution in [0.15, 0.2) is 18.2 Å². The van der Waals surface area contributed by atoms with E-state index in [4.69, 9.17) is 4.74 Å². The Kier molecular flexibility index (Phi) is 4.04. The Morgan fingerprint density at radius 2 is 2.26 bits per heavy atom. The molecular formula is C14H18N2O3. The van der Waals surface area contributed by atoms with Gasteiger partial charge in [-0.25, -0.2) is 4.79 Å². The van der Waals surface area contributed by atoms with Gasteiger partial charge >= 0.3 is 5.97 Å². The van der Waals surface area contributed by atoms with Gasteiger partial charge in [-0.3, -0.25) is 4.79 Å². The first kappa shape index (κ1) is 13.4. The largest absolute Gasteiger partial charge is 0.464 e. The molecular weight excluding hydrogens is 244 g/mol. The number of hydrogen-bond donors (Lipinski definition) is 2. The molecule has 0 spiro atoms. The molecule has 0 aliphatic carbocycles. The topological polar surface area (TPSA) is 67.4 Å². The lowest BCUT2D eigenvalue weighted by Crippen LogP contribution is -2.39. The van der Waals surface area contributed by atoms with E-state index in [-0.39, 0.29) is 5.91 Å². The molecule has 19 heavy (non-hydrogen) atoms. The third-order valence-corrected chi connectivity index (χ3v) is 3.06. The van der Waals surface area contributed by atoms with Crippen LogP contribution in [0.2, 0.25) is 0 Å². The summed E-state index contributed by atoms with van der Waals surface area (Å²) in [5.74, 6) is -0.672. The molecule has 1 aromatic rings. The number of fused-ring (bicyclic) bond motifs is 1. The van der Waals surface area contributed by atoms with Crippen LogP contribution in [0.25, 0.3) is 0 Å². The molecule has 0 saturated heterocycles. The minimum atomic E-state index is -0.640. The van der Waals surface area contributed by atoms with E-state index in [1.807, 2.05) is 12.1 Å². The molecule has 1 atom stereocenters. The van der Waals surface area contributed by atoms with Gasteiger partial charge in [0, 0.05) is 17.8 Å². The first-order chi connectivity index (χ1) is 9.11. The standard InChI is InChI=1S/C14H18N2O3/c1-3-19-14(18)9(2)16-13(17)11-4-5-12-10(8-11)6-7-15-12/h4-5,8-9,15H,3,6-7H2,1-2H3,(H,16,17). The van der Waals surface area contributed by atoms with Crippen LogP contribution in [0.5, 0.6) is 0 Å². The minimum Gasteiger partial charge on any atom is -0.464 e. The third kappa shape index (κ3) is 3.05. The molecule has 1 amide bonds. The average Bonchev–Trinajstić information content (AvgIpc) is 2.85. The number of rotatable bonds is 4. The lowest BCUT2D eigenvalue weighted by molar-refractivity contribution is -0.144. The number of nitrogens with one attached hydrogen (secondary N) is 2. The monoisotopic (exact) mass is 262 g/mol. The number of anilines is 1. The van der Waals surface area contributed by atoms with Crippen LogP contribution in [-0.4, -0.2) is 31.1 Å². The van der Waals surface area contributed by atoms with Crippen molar-refractivity contribution in [2.24, 2.45) is 0 Å². The van der Waals surface area contributed by atoms with E-state index >= 15 is 0 Å². The van der Waals surface area contributed by atoms with Gasteiger partial charge in [0.25, 0.3) is 5.91 Å². The molecule has 1 aliphatic rings. The molecule has 1 aromatic carbocycles. The summed E-state index contributed by atoms with van der Waals surface area (Å²) in [5, 5.41) is 5.87. The first-order valence-corrected chi connectivity index (χ1v) is 6.46. The van der Waals surface area contributed by atoms with E-state index < -0.39 is 12.0 Å². The molecule has 0 bridgehead atoms. The number of hydrogen-bond acceptors (Lipinski definition) is 4. The zero-order chi connectivity index (χ0) is 13.8. The molecule has 0 fully saturated rings. The summed E-state index contributed by atoms with van der Waals surface area (Å²) in [6.07, 6.45) is 0.921. The Hall–Kier alpha value is -2.04. The van der Waals surface area contributed by atoms with E-state index in [1.54, 1.807) is 19.9 Å². The number of carbonyl (C=O) groups is 2. The number of carbonyl (C=O) groups excluding carboxylic acids is 2. The maximum Gasteiger partial charge on any atom is 0.328 e. The first-order valence-electron chi connectivity index (χ1n) is 6.46. The molecule has 102 valence electrons. The maximum absolute atomic E-state index is 12.0. The lowest BCUT2D eigenvalue weighted by Gasteiger charge is -2.13. The van der Waals surface area contributed by atoms with E-state index in [0.717, 1.165) is 24.2 Å². The molecule has 1 unspecified atom stereocenters. The fraction of sp³-hybridized carbons (Fsp3) is 0.429. The van der Waals surface area contributed by atoms with Crippen molar-refractivity contribution in [3.8, 4) is 0 Å². The molecule has 1 aliphatic heterocycles. The second-order valence-corrected chi connectivity index (χ2v) is 4.50. The second kappa shape index (κ2) is 5.73. The number of benzene rings is 1. The lowest BCUT2D eigenvalue weighted by atomic mass is 10.1. The predicted molar refractivity (Wildman–Crippen MR) is 72.2 cm³/mol. The molecule has 0 aromatic heterocycles. The van der Waals surface area contributed by atoms with E-state index in [9.17, 15) is 9.59 Å². The number of amides is 1. The molecule has 0 saturated carbocycles. The summed E-state index contributed by atoms with van der Waals surface area (Å²) in [7, 11) is 0. The van der Waals surface area contributed by atoms with Crippen molar-refractivity contribution in [2.75, 3.05) is 18.5 Å². The van der Waals surface area contributed by atoms with Crippen molar-refractivity contribution in [3.05, 3.63) is 29.3 Å². The summed E-state index contributed by atoms with van der Waals surface area (Å²) >= 11 is 0. The Bertz CT molecular complexity index is 499. The van der Waals surface area contributed by atoms with Gasteiger partial charge < -0.3 is 15.4 Å². The molecule has 5 nitrogen and oxygen atoms in total. The maximum atomic E-state index is 12.0.